The maximum absolute atomic E-state index is 13.1. The molecule has 1 aromatic rings. The molecule has 1 fully saturated rings. The zero-order valence-electron chi connectivity index (χ0n) is 11.3. The number of rotatable bonds is 3. The Kier molecular flexibility index (Phi) is 4.81. The second-order valence-electron chi connectivity index (χ2n) is 5.00. The second kappa shape index (κ2) is 6.22. The van der Waals surface area contributed by atoms with Gasteiger partial charge in [-0.1, -0.05) is 18.5 Å². The number of hydrogen-bond acceptors (Lipinski definition) is 2. The van der Waals surface area contributed by atoms with Gasteiger partial charge in [0, 0.05) is 29.8 Å². The van der Waals surface area contributed by atoms with Gasteiger partial charge in [0.15, 0.2) is 0 Å². The summed E-state index contributed by atoms with van der Waals surface area (Å²) in [5.41, 5.74) is -0.424. The fraction of sp³-hybridized carbons (Fsp3) is 0.571. The molecule has 1 atom stereocenters. The van der Waals surface area contributed by atoms with E-state index in [-0.39, 0.29) is 16.8 Å². The molecular formula is C14H18ClF3N2. The first-order valence-corrected chi connectivity index (χ1v) is 7.14. The van der Waals surface area contributed by atoms with Gasteiger partial charge in [-0.15, -0.1) is 0 Å². The molecule has 112 valence electrons. The van der Waals surface area contributed by atoms with E-state index < -0.39 is 11.7 Å². The summed E-state index contributed by atoms with van der Waals surface area (Å²) in [5, 5.41) is 3.42. The molecule has 0 saturated carbocycles. The van der Waals surface area contributed by atoms with Gasteiger partial charge in [-0.2, -0.15) is 13.2 Å². The van der Waals surface area contributed by atoms with E-state index in [2.05, 4.69) is 5.32 Å². The third-order valence-corrected chi connectivity index (χ3v) is 3.75. The molecule has 20 heavy (non-hydrogen) atoms. The van der Waals surface area contributed by atoms with Crippen LogP contribution in [0.2, 0.25) is 5.02 Å². The molecule has 1 unspecified atom stereocenters. The average Bonchev–Trinajstić information content (AvgIpc) is 2.38. The fourth-order valence-electron chi connectivity index (χ4n) is 2.66. The molecule has 2 rings (SSSR count). The van der Waals surface area contributed by atoms with Gasteiger partial charge < -0.3 is 10.2 Å². The molecule has 1 aliphatic rings. The topological polar surface area (TPSA) is 15.3 Å². The molecule has 0 aromatic heterocycles. The Balaban J connectivity index is 2.27. The molecule has 0 spiro atoms. The van der Waals surface area contributed by atoms with Crippen LogP contribution < -0.4 is 10.2 Å². The monoisotopic (exact) mass is 306 g/mol. The van der Waals surface area contributed by atoms with E-state index >= 15 is 0 Å². The molecule has 0 radical (unpaired) electrons. The van der Waals surface area contributed by atoms with Crippen molar-refractivity contribution in [3.8, 4) is 0 Å². The van der Waals surface area contributed by atoms with Crippen molar-refractivity contribution in [2.75, 3.05) is 24.5 Å². The van der Waals surface area contributed by atoms with Crippen LogP contribution in [0.5, 0.6) is 0 Å². The van der Waals surface area contributed by atoms with Gasteiger partial charge in [-0.3, -0.25) is 0 Å². The first-order valence-electron chi connectivity index (χ1n) is 6.77. The highest BCUT2D eigenvalue weighted by Gasteiger charge is 2.36. The van der Waals surface area contributed by atoms with Gasteiger partial charge in [0.2, 0.25) is 0 Å². The number of nitrogens with one attached hydrogen (secondary N) is 1. The summed E-state index contributed by atoms with van der Waals surface area (Å²) in [6, 6.07) is 4.24. The number of benzene rings is 1. The predicted molar refractivity (Wildman–Crippen MR) is 75.4 cm³/mol. The lowest BCUT2D eigenvalue weighted by molar-refractivity contribution is -0.137. The van der Waals surface area contributed by atoms with Gasteiger partial charge in [0.1, 0.15) is 0 Å². The van der Waals surface area contributed by atoms with Crippen LogP contribution in [0.3, 0.4) is 0 Å². The summed E-state index contributed by atoms with van der Waals surface area (Å²) < 4.78 is 39.4. The van der Waals surface area contributed by atoms with E-state index in [4.69, 9.17) is 11.6 Å². The van der Waals surface area contributed by atoms with Crippen LogP contribution in [0.15, 0.2) is 18.2 Å². The molecule has 1 saturated heterocycles. The van der Waals surface area contributed by atoms with Gasteiger partial charge in [0.05, 0.1) is 5.56 Å². The zero-order chi connectivity index (χ0) is 14.8. The van der Waals surface area contributed by atoms with Crippen LogP contribution in [0, 0.1) is 0 Å². The van der Waals surface area contributed by atoms with Crippen molar-refractivity contribution >= 4 is 17.3 Å². The fourth-order valence-corrected chi connectivity index (χ4v) is 2.83. The van der Waals surface area contributed by atoms with E-state index in [9.17, 15) is 13.2 Å². The SMILES string of the molecule is CCNC1CCCN(c2ccc(Cl)cc2C(F)(F)F)C1. The minimum atomic E-state index is -4.38. The summed E-state index contributed by atoms with van der Waals surface area (Å²) in [6.45, 7) is 4.07. The van der Waals surface area contributed by atoms with Crippen LogP contribution in [-0.4, -0.2) is 25.7 Å². The van der Waals surface area contributed by atoms with E-state index in [1.165, 1.54) is 12.1 Å². The van der Waals surface area contributed by atoms with Gasteiger partial charge in [-0.05, 0) is 37.6 Å². The molecule has 1 heterocycles. The lowest BCUT2D eigenvalue weighted by Crippen LogP contribution is -2.46. The summed E-state index contributed by atoms with van der Waals surface area (Å²) >= 11 is 5.71. The highest BCUT2D eigenvalue weighted by molar-refractivity contribution is 6.30. The van der Waals surface area contributed by atoms with Crippen LogP contribution in [0.1, 0.15) is 25.3 Å². The smallest absolute Gasteiger partial charge is 0.369 e. The Hall–Kier alpha value is -0.940. The lowest BCUT2D eigenvalue weighted by atomic mass is 10.0. The predicted octanol–water partition coefficient (Wildman–Crippen LogP) is 3.94. The minimum absolute atomic E-state index is 0.112. The van der Waals surface area contributed by atoms with E-state index in [1.807, 2.05) is 6.92 Å². The Bertz CT molecular complexity index is 460. The largest absolute Gasteiger partial charge is 0.418 e. The molecule has 1 aliphatic heterocycles. The van der Waals surface area contributed by atoms with Crippen molar-refractivity contribution in [2.45, 2.75) is 32.0 Å². The number of alkyl halides is 3. The molecule has 2 nitrogen and oxygen atoms in total. The molecule has 1 aromatic carbocycles. The molecule has 0 bridgehead atoms. The van der Waals surface area contributed by atoms with Crippen molar-refractivity contribution in [3.63, 3.8) is 0 Å². The highest BCUT2D eigenvalue weighted by Crippen LogP contribution is 2.38. The molecular weight excluding hydrogens is 289 g/mol. The molecule has 0 aliphatic carbocycles. The van der Waals surface area contributed by atoms with Crippen molar-refractivity contribution < 1.29 is 13.2 Å². The van der Waals surface area contributed by atoms with Crippen LogP contribution in [0.4, 0.5) is 18.9 Å². The molecule has 0 amide bonds. The Morgan fingerprint density at radius 3 is 2.80 bits per heavy atom. The number of hydrogen-bond donors (Lipinski definition) is 1. The first-order chi connectivity index (χ1) is 9.41. The number of likely N-dealkylation sites (N-methyl/N-ethyl adjacent to an activating group) is 1. The highest BCUT2D eigenvalue weighted by atomic mass is 35.5. The minimum Gasteiger partial charge on any atom is -0.369 e. The Morgan fingerprint density at radius 1 is 1.40 bits per heavy atom. The quantitative estimate of drug-likeness (QED) is 0.910. The van der Waals surface area contributed by atoms with Crippen LogP contribution in [-0.2, 0) is 6.18 Å². The van der Waals surface area contributed by atoms with Crippen LogP contribution in [0.25, 0.3) is 0 Å². The van der Waals surface area contributed by atoms with Crippen LogP contribution >= 0.6 is 11.6 Å². The van der Waals surface area contributed by atoms with Gasteiger partial charge >= 0.3 is 6.18 Å². The Morgan fingerprint density at radius 2 is 2.15 bits per heavy atom. The zero-order valence-corrected chi connectivity index (χ0v) is 12.1. The van der Waals surface area contributed by atoms with E-state index in [1.54, 1.807) is 4.90 Å². The number of piperidine rings is 1. The lowest BCUT2D eigenvalue weighted by Gasteiger charge is -2.36. The molecule has 6 heteroatoms. The third-order valence-electron chi connectivity index (χ3n) is 3.52. The third kappa shape index (κ3) is 3.58. The second-order valence-corrected chi connectivity index (χ2v) is 5.44. The van der Waals surface area contributed by atoms with Crippen molar-refractivity contribution in [1.29, 1.82) is 0 Å². The summed E-state index contributed by atoms with van der Waals surface area (Å²) in [7, 11) is 0. The maximum atomic E-state index is 13.1. The Labute approximate surface area is 121 Å². The van der Waals surface area contributed by atoms with Crippen molar-refractivity contribution in [1.82, 2.24) is 5.32 Å². The number of halogens is 4. The summed E-state index contributed by atoms with van der Waals surface area (Å²) in [5.74, 6) is 0. The first kappa shape index (κ1) is 15.4. The van der Waals surface area contributed by atoms with E-state index in [0.29, 0.717) is 13.1 Å². The molecule has 1 N–H and O–H groups in total. The standard InChI is InChI=1S/C14H18ClF3N2/c1-2-19-11-4-3-7-20(9-11)13-6-5-10(15)8-12(13)14(16,17)18/h5-6,8,11,19H,2-4,7,9H2,1H3. The average molecular weight is 307 g/mol. The number of anilines is 1. The summed E-state index contributed by atoms with van der Waals surface area (Å²) in [4.78, 5) is 1.80. The van der Waals surface area contributed by atoms with Crippen molar-refractivity contribution in [2.24, 2.45) is 0 Å². The summed E-state index contributed by atoms with van der Waals surface area (Å²) in [6.07, 6.45) is -2.50. The maximum Gasteiger partial charge on any atom is 0.418 e. The van der Waals surface area contributed by atoms with Gasteiger partial charge in [0.25, 0.3) is 0 Å². The van der Waals surface area contributed by atoms with Crippen molar-refractivity contribution in [3.05, 3.63) is 28.8 Å². The number of nitrogens with zero attached hydrogens (tertiary/aromatic N) is 1. The normalized spacial score (nSPS) is 20.2. The van der Waals surface area contributed by atoms with Gasteiger partial charge in [-0.25, -0.2) is 0 Å². The van der Waals surface area contributed by atoms with E-state index in [0.717, 1.165) is 25.5 Å².